The van der Waals surface area contributed by atoms with Crippen molar-refractivity contribution < 1.29 is 13.9 Å². The first kappa shape index (κ1) is 22.2. The SMILES string of the molecule is CC[C@@H](N[C@H](C)CC(=O)NC(C)C)c1ccc(Cl)c(Oc2ccccc2)c1F. The maximum Gasteiger partial charge on any atom is 0.221 e. The van der Waals surface area contributed by atoms with Crippen LogP contribution in [0.4, 0.5) is 4.39 Å². The predicted octanol–water partition coefficient (Wildman–Crippen LogP) is 5.62. The van der Waals surface area contributed by atoms with E-state index in [1.807, 2.05) is 45.9 Å². The van der Waals surface area contributed by atoms with E-state index in [2.05, 4.69) is 10.6 Å². The van der Waals surface area contributed by atoms with Crippen molar-refractivity contribution in [3.8, 4) is 11.5 Å². The van der Waals surface area contributed by atoms with Gasteiger partial charge in [0.25, 0.3) is 0 Å². The fourth-order valence-electron chi connectivity index (χ4n) is 3.01. The second kappa shape index (κ2) is 10.4. The Bertz CT molecular complexity index is 784. The van der Waals surface area contributed by atoms with E-state index in [9.17, 15) is 4.79 Å². The van der Waals surface area contributed by atoms with Gasteiger partial charge in [0.2, 0.25) is 5.91 Å². The summed E-state index contributed by atoms with van der Waals surface area (Å²) in [4.78, 5) is 12.0. The Hall–Kier alpha value is -2.11. The molecular weight excluding hydrogens is 379 g/mol. The van der Waals surface area contributed by atoms with Gasteiger partial charge in [-0.3, -0.25) is 4.79 Å². The lowest BCUT2D eigenvalue weighted by Crippen LogP contribution is -2.38. The van der Waals surface area contributed by atoms with Crippen LogP contribution >= 0.6 is 11.6 Å². The third-order valence-corrected chi connectivity index (χ3v) is 4.55. The van der Waals surface area contributed by atoms with E-state index in [-0.39, 0.29) is 34.8 Å². The maximum atomic E-state index is 15.2. The molecule has 0 fully saturated rings. The van der Waals surface area contributed by atoms with Crippen LogP contribution in [0.2, 0.25) is 5.02 Å². The van der Waals surface area contributed by atoms with Crippen LogP contribution in [0.15, 0.2) is 42.5 Å². The zero-order valence-electron chi connectivity index (χ0n) is 16.8. The zero-order chi connectivity index (χ0) is 20.7. The number of carbonyl (C=O) groups excluding carboxylic acids is 1. The second-order valence-electron chi connectivity index (χ2n) is 7.15. The zero-order valence-corrected chi connectivity index (χ0v) is 17.5. The number of amides is 1. The van der Waals surface area contributed by atoms with Gasteiger partial charge >= 0.3 is 0 Å². The first-order valence-corrected chi connectivity index (χ1v) is 9.95. The Labute approximate surface area is 171 Å². The smallest absolute Gasteiger partial charge is 0.221 e. The average molecular weight is 407 g/mol. The van der Waals surface area contributed by atoms with E-state index in [1.165, 1.54) is 0 Å². The molecular formula is C22H28ClFN2O2. The summed E-state index contributed by atoms with van der Waals surface area (Å²) in [6.07, 6.45) is 0.969. The number of benzene rings is 2. The number of hydrogen-bond donors (Lipinski definition) is 2. The summed E-state index contributed by atoms with van der Waals surface area (Å²) in [5.41, 5.74) is 0.467. The molecule has 0 aliphatic carbocycles. The minimum atomic E-state index is -0.491. The van der Waals surface area contributed by atoms with Crippen LogP contribution in [-0.4, -0.2) is 18.0 Å². The monoisotopic (exact) mass is 406 g/mol. The van der Waals surface area contributed by atoms with Crippen molar-refractivity contribution in [2.75, 3.05) is 0 Å². The molecule has 2 N–H and O–H groups in total. The third-order valence-electron chi connectivity index (χ3n) is 4.25. The highest BCUT2D eigenvalue weighted by Gasteiger charge is 2.22. The first-order valence-electron chi connectivity index (χ1n) is 9.58. The average Bonchev–Trinajstić information content (AvgIpc) is 2.63. The molecule has 0 saturated carbocycles. The van der Waals surface area contributed by atoms with Gasteiger partial charge in [0, 0.05) is 30.1 Å². The van der Waals surface area contributed by atoms with E-state index in [0.717, 1.165) is 0 Å². The Balaban J connectivity index is 2.17. The third kappa shape index (κ3) is 6.21. The molecule has 0 bridgehead atoms. The molecule has 2 aromatic carbocycles. The van der Waals surface area contributed by atoms with Crippen molar-refractivity contribution in [3.05, 3.63) is 58.9 Å². The number of ether oxygens (including phenoxy) is 1. The molecule has 28 heavy (non-hydrogen) atoms. The highest BCUT2D eigenvalue weighted by Crippen LogP contribution is 2.36. The summed E-state index contributed by atoms with van der Waals surface area (Å²) < 4.78 is 20.9. The number of para-hydroxylation sites is 1. The van der Waals surface area contributed by atoms with E-state index in [1.54, 1.807) is 24.3 Å². The molecule has 1 amide bonds. The second-order valence-corrected chi connectivity index (χ2v) is 7.56. The first-order chi connectivity index (χ1) is 13.3. The van der Waals surface area contributed by atoms with Crippen LogP contribution < -0.4 is 15.4 Å². The minimum Gasteiger partial charge on any atom is -0.453 e. The summed E-state index contributed by atoms with van der Waals surface area (Å²) in [5, 5.41) is 6.42. The van der Waals surface area contributed by atoms with Gasteiger partial charge < -0.3 is 15.4 Å². The Morgan fingerprint density at radius 1 is 1.14 bits per heavy atom. The van der Waals surface area contributed by atoms with Gasteiger partial charge in [0.15, 0.2) is 11.6 Å². The summed E-state index contributed by atoms with van der Waals surface area (Å²) >= 11 is 6.18. The number of hydrogen-bond acceptors (Lipinski definition) is 3. The van der Waals surface area contributed by atoms with Crippen molar-refractivity contribution in [1.82, 2.24) is 10.6 Å². The number of carbonyl (C=O) groups is 1. The molecule has 6 heteroatoms. The van der Waals surface area contributed by atoms with E-state index in [4.69, 9.17) is 16.3 Å². The number of rotatable bonds is 9. The molecule has 4 nitrogen and oxygen atoms in total. The van der Waals surface area contributed by atoms with Gasteiger partial charge in [-0.25, -0.2) is 4.39 Å². The molecule has 0 saturated heterocycles. The number of halogens is 2. The van der Waals surface area contributed by atoms with Crippen molar-refractivity contribution >= 4 is 17.5 Å². The normalized spacial score (nSPS) is 13.2. The van der Waals surface area contributed by atoms with Crippen molar-refractivity contribution in [3.63, 3.8) is 0 Å². The van der Waals surface area contributed by atoms with Gasteiger partial charge in [-0.1, -0.05) is 42.8 Å². The standard InChI is InChI=1S/C22H28ClFN2O2/c1-5-19(26-15(4)13-20(27)25-14(2)3)17-11-12-18(23)22(21(17)24)28-16-9-7-6-8-10-16/h6-12,14-15,19,26H,5,13H2,1-4H3,(H,25,27)/t15-,19-/m1/s1. The van der Waals surface area contributed by atoms with Crippen LogP contribution in [0.3, 0.4) is 0 Å². The predicted molar refractivity (Wildman–Crippen MR) is 111 cm³/mol. The van der Waals surface area contributed by atoms with Crippen LogP contribution in [-0.2, 0) is 4.79 Å². The molecule has 0 aliphatic heterocycles. The van der Waals surface area contributed by atoms with Gasteiger partial charge in [-0.05, 0) is 45.4 Å². The van der Waals surface area contributed by atoms with E-state index < -0.39 is 5.82 Å². The molecule has 0 aromatic heterocycles. The molecule has 0 aliphatic rings. The fraction of sp³-hybridized carbons (Fsp3) is 0.409. The molecule has 0 spiro atoms. The Morgan fingerprint density at radius 3 is 2.43 bits per heavy atom. The topological polar surface area (TPSA) is 50.4 Å². The highest BCUT2D eigenvalue weighted by atomic mass is 35.5. The summed E-state index contributed by atoms with van der Waals surface area (Å²) in [7, 11) is 0. The van der Waals surface area contributed by atoms with Crippen LogP contribution in [0, 0.1) is 5.82 Å². The summed E-state index contributed by atoms with van der Waals surface area (Å²) in [5.74, 6) is 0.0000638. The molecule has 2 aromatic rings. The van der Waals surface area contributed by atoms with Gasteiger partial charge in [-0.15, -0.1) is 0 Å². The molecule has 152 valence electrons. The van der Waals surface area contributed by atoms with Gasteiger partial charge in [-0.2, -0.15) is 0 Å². The fourth-order valence-corrected chi connectivity index (χ4v) is 3.19. The lowest BCUT2D eigenvalue weighted by Gasteiger charge is -2.24. The largest absolute Gasteiger partial charge is 0.453 e. The Morgan fingerprint density at radius 2 is 1.82 bits per heavy atom. The minimum absolute atomic E-state index is 0.0100. The quantitative estimate of drug-likeness (QED) is 0.568. The molecule has 0 radical (unpaired) electrons. The molecule has 0 unspecified atom stereocenters. The lowest BCUT2D eigenvalue weighted by molar-refractivity contribution is -0.122. The van der Waals surface area contributed by atoms with E-state index in [0.29, 0.717) is 24.2 Å². The maximum absolute atomic E-state index is 15.2. The summed E-state index contributed by atoms with van der Waals surface area (Å²) in [6, 6.07) is 12.0. The molecule has 2 atom stereocenters. The summed E-state index contributed by atoms with van der Waals surface area (Å²) in [6.45, 7) is 7.71. The van der Waals surface area contributed by atoms with Crippen molar-refractivity contribution in [1.29, 1.82) is 0 Å². The van der Waals surface area contributed by atoms with Crippen LogP contribution in [0.1, 0.15) is 52.1 Å². The number of nitrogens with one attached hydrogen (secondary N) is 2. The molecule has 0 heterocycles. The highest BCUT2D eigenvalue weighted by molar-refractivity contribution is 6.32. The van der Waals surface area contributed by atoms with E-state index >= 15 is 4.39 Å². The van der Waals surface area contributed by atoms with Crippen LogP contribution in [0.5, 0.6) is 11.5 Å². The van der Waals surface area contributed by atoms with Gasteiger partial charge in [0.05, 0.1) is 5.02 Å². The van der Waals surface area contributed by atoms with Gasteiger partial charge in [0.1, 0.15) is 5.75 Å². The lowest BCUT2D eigenvalue weighted by atomic mass is 10.0. The van der Waals surface area contributed by atoms with Crippen molar-refractivity contribution in [2.24, 2.45) is 0 Å². The van der Waals surface area contributed by atoms with Crippen LogP contribution in [0.25, 0.3) is 0 Å². The van der Waals surface area contributed by atoms with Crippen molar-refractivity contribution in [2.45, 2.75) is 58.7 Å². The Kier molecular flexibility index (Phi) is 8.27. The molecule has 2 rings (SSSR count).